The van der Waals surface area contributed by atoms with Gasteiger partial charge in [0.25, 0.3) is 5.56 Å². The van der Waals surface area contributed by atoms with Gasteiger partial charge < -0.3 is 5.32 Å². The first-order valence-corrected chi connectivity index (χ1v) is 8.63. The first-order chi connectivity index (χ1) is 13.3. The standard InChI is InChI=1S/C20H18F2N4O2/c1-12(2)19-15(13-5-3-6-14(21)9-13)10-18(28)26(25-19)11-17(27)24-20-16(22)7-4-8-23-20/h3-10,12H,11H2,1-2H3,(H,23,24,27). The van der Waals surface area contributed by atoms with E-state index in [-0.39, 0.29) is 11.7 Å². The van der Waals surface area contributed by atoms with E-state index in [9.17, 15) is 18.4 Å². The third kappa shape index (κ3) is 4.28. The molecule has 1 amide bonds. The van der Waals surface area contributed by atoms with Gasteiger partial charge in [-0.1, -0.05) is 26.0 Å². The number of pyridine rings is 1. The summed E-state index contributed by atoms with van der Waals surface area (Å²) in [5.74, 6) is -2.04. The maximum Gasteiger partial charge on any atom is 0.267 e. The Kier molecular flexibility index (Phi) is 5.58. The van der Waals surface area contributed by atoms with E-state index in [2.05, 4.69) is 15.4 Å². The van der Waals surface area contributed by atoms with Crippen molar-refractivity contribution >= 4 is 11.7 Å². The van der Waals surface area contributed by atoms with E-state index in [4.69, 9.17) is 0 Å². The summed E-state index contributed by atoms with van der Waals surface area (Å²) < 4.78 is 28.2. The second kappa shape index (κ2) is 8.08. The predicted molar refractivity (Wildman–Crippen MR) is 101 cm³/mol. The quantitative estimate of drug-likeness (QED) is 0.732. The van der Waals surface area contributed by atoms with Crippen LogP contribution >= 0.6 is 0 Å². The van der Waals surface area contributed by atoms with Crippen LogP contribution in [0.25, 0.3) is 11.1 Å². The number of hydrogen-bond donors (Lipinski definition) is 1. The van der Waals surface area contributed by atoms with Gasteiger partial charge in [-0.25, -0.2) is 18.4 Å². The molecule has 2 aromatic heterocycles. The molecule has 0 unspecified atom stereocenters. The van der Waals surface area contributed by atoms with Gasteiger partial charge in [-0.05, 0) is 35.7 Å². The molecular formula is C20H18F2N4O2. The Morgan fingerprint density at radius 3 is 2.64 bits per heavy atom. The summed E-state index contributed by atoms with van der Waals surface area (Å²) >= 11 is 0. The highest BCUT2D eigenvalue weighted by molar-refractivity contribution is 5.89. The Morgan fingerprint density at radius 2 is 1.96 bits per heavy atom. The zero-order valence-corrected chi connectivity index (χ0v) is 15.3. The topological polar surface area (TPSA) is 76.9 Å². The van der Waals surface area contributed by atoms with Crippen molar-refractivity contribution in [3.63, 3.8) is 0 Å². The van der Waals surface area contributed by atoms with Crippen LogP contribution in [0.3, 0.4) is 0 Å². The molecule has 0 atom stereocenters. The number of nitrogens with zero attached hydrogens (tertiary/aromatic N) is 3. The first kappa shape index (κ1) is 19.3. The molecule has 0 saturated heterocycles. The largest absolute Gasteiger partial charge is 0.307 e. The van der Waals surface area contributed by atoms with Crippen LogP contribution in [0, 0.1) is 11.6 Å². The van der Waals surface area contributed by atoms with E-state index in [1.807, 2.05) is 13.8 Å². The molecule has 8 heteroatoms. The van der Waals surface area contributed by atoms with Crippen LogP contribution < -0.4 is 10.9 Å². The average molecular weight is 384 g/mol. The Hall–Kier alpha value is -3.42. The molecule has 1 aromatic carbocycles. The predicted octanol–water partition coefficient (Wildman–Crippen LogP) is 3.35. The number of benzene rings is 1. The number of amides is 1. The molecule has 6 nitrogen and oxygen atoms in total. The monoisotopic (exact) mass is 384 g/mol. The van der Waals surface area contributed by atoms with Crippen molar-refractivity contribution in [2.75, 3.05) is 5.32 Å². The molecule has 0 spiro atoms. The lowest BCUT2D eigenvalue weighted by molar-refractivity contribution is -0.117. The van der Waals surface area contributed by atoms with E-state index < -0.39 is 29.6 Å². The third-order valence-corrected chi connectivity index (χ3v) is 4.02. The minimum absolute atomic E-state index is 0.0820. The first-order valence-electron chi connectivity index (χ1n) is 8.63. The van der Waals surface area contributed by atoms with Gasteiger partial charge in [-0.2, -0.15) is 5.10 Å². The molecular weight excluding hydrogens is 366 g/mol. The summed E-state index contributed by atoms with van der Waals surface area (Å²) in [5, 5.41) is 6.60. The molecule has 0 bridgehead atoms. The lowest BCUT2D eigenvalue weighted by atomic mass is 9.98. The molecule has 0 aliphatic heterocycles. The Balaban J connectivity index is 1.92. The molecule has 1 N–H and O–H groups in total. The van der Waals surface area contributed by atoms with Crippen LogP contribution in [0.5, 0.6) is 0 Å². The van der Waals surface area contributed by atoms with Crippen LogP contribution in [0.1, 0.15) is 25.5 Å². The van der Waals surface area contributed by atoms with Gasteiger partial charge in [0.1, 0.15) is 12.4 Å². The second-order valence-corrected chi connectivity index (χ2v) is 6.49. The maximum atomic E-state index is 13.6. The van der Waals surface area contributed by atoms with Crippen molar-refractivity contribution in [2.24, 2.45) is 0 Å². The molecule has 0 radical (unpaired) electrons. The summed E-state index contributed by atoms with van der Waals surface area (Å²) in [6, 6.07) is 9.76. The van der Waals surface area contributed by atoms with Gasteiger partial charge in [0.15, 0.2) is 11.6 Å². The Morgan fingerprint density at radius 1 is 1.18 bits per heavy atom. The highest BCUT2D eigenvalue weighted by Crippen LogP contribution is 2.26. The highest BCUT2D eigenvalue weighted by atomic mass is 19.1. The Bertz CT molecular complexity index is 1080. The van der Waals surface area contributed by atoms with Gasteiger partial charge in [0.2, 0.25) is 5.91 Å². The number of aromatic nitrogens is 3. The fraction of sp³-hybridized carbons (Fsp3) is 0.200. The van der Waals surface area contributed by atoms with Gasteiger partial charge >= 0.3 is 0 Å². The Labute approximate surface area is 159 Å². The van der Waals surface area contributed by atoms with Crippen LogP contribution in [0.4, 0.5) is 14.6 Å². The number of halogens is 2. The fourth-order valence-corrected chi connectivity index (χ4v) is 2.72. The van der Waals surface area contributed by atoms with Gasteiger partial charge in [-0.15, -0.1) is 0 Å². The molecule has 0 fully saturated rings. The number of anilines is 1. The average Bonchev–Trinajstić information content (AvgIpc) is 2.64. The number of carbonyl (C=O) groups is 1. The van der Waals surface area contributed by atoms with E-state index in [1.54, 1.807) is 12.1 Å². The lowest BCUT2D eigenvalue weighted by Gasteiger charge is -2.14. The molecule has 0 aliphatic carbocycles. The van der Waals surface area contributed by atoms with Gasteiger partial charge in [-0.3, -0.25) is 9.59 Å². The summed E-state index contributed by atoms with van der Waals surface area (Å²) in [6.07, 6.45) is 1.34. The van der Waals surface area contributed by atoms with Crippen LogP contribution in [-0.2, 0) is 11.3 Å². The van der Waals surface area contributed by atoms with Crippen LogP contribution in [0.15, 0.2) is 53.5 Å². The van der Waals surface area contributed by atoms with E-state index >= 15 is 0 Å². The SMILES string of the molecule is CC(C)c1nn(CC(=O)Nc2ncccc2F)c(=O)cc1-c1cccc(F)c1. The van der Waals surface area contributed by atoms with Crippen molar-refractivity contribution in [3.8, 4) is 11.1 Å². The lowest BCUT2D eigenvalue weighted by Crippen LogP contribution is -2.31. The summed E-state index contributed by atoms with van der Waals surface area (Å²) in [5.41, 5.74) is 1.05. The van der Waals surface area contributed by atoms with Crippen molar-refractivity contribution in [1.82, 2.24) is 14.8 Å². The molecule has 144 valence electrons. The molecule has 3 rings (SSSR count). The van der Waals surface area contributed by atoms with Crippen molar-refractivity contribution < 1.29 is 13.6 Å². The van der Waals surface area contributed by atoms with Crippen LogP contribution in [-0.4, -0.2) is 20.7 Å². The van der Waals surface area contributed by atoms with E-state index in [0.29, 0.717) is 16.8 Å². The van der Waals surface area contributed by atoms with Gasteiger partial charge in [0, 0.05) is 17.8 Å². The summed E-state index contributed by atoms with van der Waals surface area (Å²) in [7, 11) is 0. The zero-order valence-electron chi connectivity index (χ0n) is 15.3. The maximum absolute atomic E-state index is 13.6. The number of hydrogen-bond acceptors (Lipinski definition) is 4. The minimum atomic E-state index is -0.680. The normalized spacial score (nSPS) is 10.9. The van der Waals surface area contributed by atoms with Crippen molar-refractivity contribution in [2.45, 2.75) is 26.3 Å². The third-order valence-electron chi connectivity index (χ3n) is 4.02. The molecule has 0 aliphatic rings. The van der Waals surface area contributed by atoms with E-state index in [0.717, 1.165) is 10.7 Å². The number of rotatable bonds is 5. The van der Waals surface area contributed by atoms with Crippen molar-refractivity contribution in [3.05, 3.63) is 76.3 Å². The zero-order chi connectivity index (χ0) is 20.3. The second-order valence-electron chi connectivity index (χ2n) is 6.49. The smallest absolute Gasteiger partial charge is 0.267 e. The molecule has 28 heavy (non-hydrogen) atoms. The molecule has 2 heterocycles. The molecule has 3 aromatic rings. The number of nitrogens with one attached hydrogen (secondary N) is 1. The van der Waals surface area contributed by atoms with Gasteiger partial charge in [0.05, 0.1) is 5.69 Å². The van der Waals surface area contributed by atoms with E-state index in [1.165, 1.54) is 30.5 Å². The number of carbonyl (C=O) groups excluding carboxylic acids is 1. The summed E-state index contributed by atoms with van der Waals surface area (Å²) in [6.45, 7) is 3.35. The molecule has 0 saturated carbocycles. The summed E-state index contributed by atoms with van der Waals surface area (Å²) in [4.78, 5) is 28.4. The highest BCUT2D eigenvalue weighted by Gasteiger charge is 2.16. The minimum Gasteiger partial charge on any atom is -0.307 e. The van der Waals surface area contributed by atoms with Crippen LogP contribution in [0.2, 0.25) is 0 Å². The van der Waals surface area contributed by atoms with Crippen molar-refractivity contribution in [1.29, 1.82) is 0 Å². The fourth-order valence-electron chi connectivity index (χ4n) is 2.72.